The molecule has 2 aromatic carbocycles. The molecular formula is C25H23NO4S. The first kappa shape index (κ1) is 20.9. The molecule has 6 heteroatoms. The summed E-state index contributed by atoms with van der Waals surface area (Å²) in [5, 5.41) is 13.0. The van der Waals surface area contributed by atoms with Crippen molar-refractivity contribution in [1.82, 2.24) is 4.90 Å². The Kier molecular flexibility index (Phi) is 6.18. The number of hydrogen-bond acceptors (Lipinski definition) is 5. The minimum absolute atomic E-state index is 0.106. The van der Waals surface area contributed by atoms with Crippen LogP contribution in [0.5, 0.6) is 5.75 Å². The molecule has 31 heavy (non-hydrogen) atoms. The van der Waals surface area contributed by atoms with Gasteiger partial charge in [-0.25, -0.2) is 0 Å². The fraction of sp³-hybridized carbons (Fsp3) is 0.200. The number of carbonyl (C=O) groups excluding carboxylic acids is 2. The molecule has 0 radical (unpaired) electrons. The molecule has 2 heterocycles. The first-order valence-corrected chi connectivity index (χ1v) is 11.1. The lowest BCUT2D eigenvalue weighted by Crippen LogP contribution is -2.28. The number of benzene rings is 2. The number of ether oxygens (including phenoxy) is 1. The normalized spacial score (nSPS) is 17.8. The topological polar surface area (TPSA) is 66.8 Å². The number of amides is 1. The van der Waals surface area contributed by atoms with Gasteiger partial charge < -0.3 is 14.7 Å². The zero-order chi connectivity index (χ0) is 21.8. The van der Waals surface area contributed by atoms with Gasteiger partial charge in [-0.1, -0.05) is 43.3 Å². The first-order chi connectivity index (χ1) is 15.1. The molecule has 1 aliphatic heterocycles. The third-order valence-electron chi connectivity index (χ3n) is 5.16. The van der Waals surface area contributed by atoms with Crippen molar-refractivity contribution in [3.05, 3.63) is 93.7 Å². The number of aliphatic hydroxyl groups is 1. The average molecular weight is 434 g/mol. The van der Waals surface area contributed by atoms with E-state index in [4.69, 9.17) is 4.74 Å². The van der Waals surface area contributed by atoms with Crippen molar-refractivity contribution in [2.75, 3.05) is 6.61 Å². The van der Waals surface area contributed by atoms with Crippen molar-refractivity contribution in [3.63, 3.8) is 0 Å². The maximum atomic E-state index is 13.0. The monoisotopic (exact) mass is 433 g/mol. The van der Waals surface area contributed by atoms with Crippen LogP contribution in [0.2, 0.25) is 0 Å². The number of carbonyl (C=O) groups is 2. The van der Waals surface area contributed by atoms with Gasteiger partial charge in [0.05, 0.1) is 24.8 Å². The summed E-state index contributed by atoms with van der Waals surface area (Å²) >= 11 is 1.53. The number of aliphatic hydroxyl groups excluding tert-OH is 1. The van der Waals surface area contributed by atoms with E-state index in [9.17, 15) is 14.7 Å². The molecule has 158 valence electrons. The third-order valence-corrected chi connectivity index (χ3v) is 6.02. The Morgan fingerprint density at radius 2 is 1.77 bits per heavy atom. The number of likely N-dealkylation sites (tertiary alicyclic amines) is 1. The average Bonchev–Trinajstić information content (AvgIpc) is 3.40. The van der Waals surface area contributed by atoms with Gasteiger partial charge in [0.1, 0.15) is 11.5 Å². The highest BCUT2D eigenvalue weighted by molar-refractivity contribution is 7.09. The molecule has 4 rings (SSSR count). The second-order valence-corrected chi connectivity index (χ2v) is 8.32. The predicted molar refractivity (Wildman–Crippen MR) is 121 cm³/mol. The molecule has 1 amide bonds. The zero-order valence-corrected chi connectivity index (χ0v) is 18.0. The summed E-state index contributed by atoms with van der Waals surface area (Å²) in [4.78, 5) is 28.5. The predicted octanol–water partition coefficient (Wildman–Crippen LogP) is 5.16. The summed E-state index contributed by atoms with van der Waals surface area (Å²) in [7, 11) is 0. The number of nitrogens with zero attached hydrogens (tertiary/aromatic N) is 1. The molecule has 3 aromatic rings. The van der Waals surface area contributed by atoms with Crippen molar-refractivity contribution in [2.45, 2.75) is 25.9 Å². The quantitative estimate of drug-likeness (QED) is 0.318. The number of ketones is 1. The largest absolute Gasteiger partial charge is 0.507 e. The lowest BCUT2D eigenvalue weighted by Gasteiger charge is -2.24. The minimum atomic E-state index is -0.672. The third kappa shape index (κ3) is 4.25. The van der Waals surface area contributed by atoms with E-state index >= 15 is 0 Å². The van der Waals surface area contributed by atoms with E-state index in [-0.39, 0.29) is 11.3 Å². The second kappa shape index (κ2) is 9.18. The molecule has 1 saturated heterocycles. The number of Topliss-reactive ketones (excluding diaryl/α,β-unsaturated/α-hetero) is 1. The molecule has 0 bridgehead atoms. The maximum Gasteiger partial charge on any atom is 0.295 e. The van der Waals surface area contributed by atoms with E-state index < -0.39 is 17.7 Å². The standard InChI is InChI=1S/C25H23NO4S/c1-2-14-30-19-12-10-18(11-13-19)23(27)21-22(17-7-4-3-5-8-17)26(25(29)24(21)28)16-20-9-6-15-31-20/h3-13,15,22,27H,2,14,16H2,1H3/b23-21-. The van der Waals surface area contributed by atoms with Crippen molar-refractivity contribution >= 4 is 28.8 Å². The summed E-state index contributed by atoms with van der Waals surface area (Å²) in [5.74, 6) is -0.764. The van der Waals surface area contributed by atoms with Gasteiger partial charge in [-0.15, -0.1) is 11.3 Å². The number of rotatable bonds is 7. The molecule has 1 unspecified atom stereocenters. The van der Waals surface area contributed by atoms with Gasteiger partial charge in [0, 0.05) is 10.4 Å². The van der Waals surface area contributed by atoms with Crippen LogP contribution in [-0.2, 0) is 16.1 Å². The smallest absolute Gasteiger partial charge is 0.295 e. The Balaban J connectivity index is 1.76. The van der Waals surface area contributed by atoms with Gasteiger partial charge >= 0.3 is 0 Å². The summed E-state index contributed by atoms with van der Waals surface area (Å²) < 4.78 is 5.59. The Labute approximate surface area is 185 Å². The lowest BCUT2D eigenvalue weighted by atomic mass is 9.95. The van der Waals surface area contributed by atoms with Crippen LogP contribution in [0.4, 0.5) is 0 Å². The Morgan fingerprint density at radius 3 is 2.42 bits per heavy atom. The zero-order valence-electron chi connectivity index (χ0n) is 17.2. The maximum absolute atomic E-state index is 13.0. The van der Waals surface area contributed by atoms with Crippen LogP contribution in [0, 0.1) is 0 Å². The van der Waals surface area contributed by atoms with Crippen LogP contribution in [-0.4, -0.2) is 28.3 Å². The van der Waals surface area contributed by atoms with Crippen LogP contribution in [0.3, 0.4) is 0 Å². The van der Waals surface area contributed by atoms with Gasteiger partial charge in [0.15, 0.2) is 0 Å². The Hall–Kier alpha value is -3.38. The van der Waals surface area contributed by atoms with Crippen LogP contribution < -0.4 is 4.74 Å². The molecule has 0 spiro atoms. The van der Waals surface area contributed by atoms with Gasteiger partial charge in [-0.2, -0.15) is 0 Å². The lowest BCUT2D eigenvalue weighted by molar-refractivity contribution is -0.140. The van der Waals surface area contributed by atoms with Gasteiger partial charge in [0.2, 0.25) is 0 Å². The summed E-state index contributed by atoms with van der Waals surface area (Å²) in [6.07, 6.45) is 0.895. The molecule has 0 aliphatic carbocycles. The van der Waals surface area contributed by atoms with Crippen LogP contribution in [0.25, 0.3) is 5.76 Å². The van der Waals surface area contributed by atoms with Crippen LogP contribution >= 0.6 is 11.3 Å². The van der Waals surface area contributed by atoms with E-state index in [2.05, 4.69) is 0 Å². The van der Waals surface area contributed by atoms with E-state index in [1.165, 1.54) is 16.2 Å². The highest BCUT2D eigenvalue weighted by Gasteiger charge is 2.46. The molecular weight excluding hydrogens is 410 g/mol. The Morgan fingerprint density at radius 1 is 1.03 bits per heavy atom. The van der Waals surface area contributed by atoms with Crippen molar-refractivity contribution in [2.24, 2.45) is 0 Å². The highest BCUT2D eigenvalue weighted by atomic mass is 32.1. The fourth-order valence-electron chi connectivity index (χ4n) is 3.68. The number of hydrogen-bond donors (Lipinski definition) is 1. The van der Waals surface area contributed by atoms with Crippen LogP contribution in [0.1, 0.15) is 35.4 Å². The summed E-state index contributed by atoms with van der Waals surface area (Å²) in [6.45, 7) is 2.94. The summed E-state index contributed by atoms with van der Waals surface area (Å²) in [5.41, 5.74) is 1.36. The first-order valence-electron chi connectivity index (χ1n) is 10.2. The molecule has 1 aliphatic rings. The highest BCUT2D eigenvalue weighted by Crippen LogP contribution is 2.40. The van der Waals surface area contributed by atoms with Crippen molar-refractivity contribution < 1.29 is 19.4 Å². The second-order valence-electron chi connectivity index (χ2n) is 7.29. The van der Waals surface area contributed by atoms with E-state index in [1.54, 1.807) is 24.3 Å². The van der Waals surface area contributed by atoms with Gasteiger partial charge in [-0.05, 0) is 47.7 Å². The minimum Gasteiger partial charge on any atom is -0.507 e. The van der Waals surface area contributed by atoms with Gasteiger partial charge in [-0.3, -0.25) is 9.59 Å². The van der Waals surface area contributed by atoms with Crippen LogP contribution in [0.15, 0.2) is 77.7 Å². The molecule has 1 N–H and O–H groups in total. The van der Waals surface area contributed by atoms with E-state index in [0.29, 0.717) is 24.5 Å². The molecule has 0 saturated carbocycles. The molecule has 5 nitrogen and oxygen atoms in total. The van der Waals surface area contributed by atoms with Crippen molar-refractivity contribution in [1.29, 1.82) is 0 Å². The molecule has 1 aromatic heterocycles. The molecule has 1 fully saturated rings. The van der Waals surface area contributed by atoms with E-state index in [1.807, 2.05) is 54.8 Å². The SMILES string of the molecule is CCCOc1ccc(/C(O)=C2/C(=O)C(=O)N(Cc3cccs3)C2c2ccccc2)cc1. The van der Waals surface area contributed by atoms with Crippen molar-refractivity contribution in [3.8, 4) is 5.75 Å². The number of thiophene rings is 1. The molecule has 1 atom stereocenters. The summed E-state index contributed by atoms with van der Waals surface area (Å²) in [6, 6.07) is 19.4. The fourth-order valence-corrected chi connectivity index (χ4v) is 4.38. The van der Waals surface area contributed by atoms with E-state index in [0.717, 1.165) is 16.9 Å². The Bertz CT molecular complexity index is 1090. The van der Waals surface area contributed by atoms with Gasteiger partial charge in [0.25, 0.3) is 11.7 Å².